The summed E-state index contributed by atoms with van der Waals surface area (Å²) in [5, 5.41) is 0. The molecule has 2 unspecified atom stereocenters. The zero-order chi connectivity index (χ0) is 8.18. The van der Waals surface area contributed by atoms with Gasteiger partial charge in [-0.25, -0.2) is 0 Å². The third kappa shape index (κ3) is 0.764. The maximum absolute atomic E-state index is 11.1. The van der Waals surface area contributed by atoms with E-state index < -0.39 is 0 Å². The van der Waals surface area contributed by atoms with Crippen LogP contribution < -0.4 is 0 Å². The Labute approximate surface area is 72.3 Å². The van der Waals surface area contributed by atoms with E-state index in [1.54, 1.807) is 0 Å². The number of fused-ring (bicyclic) bond motifs is 1. The molecule has 66 valence electrons. The van der Waals surface area contributed by atoms with Gasteiger partial charge in [-0.15, -0.1) is 0 Å². The lowest BCUT2D eigenvalue weighted by molar-refractivity contribution is -0.146. The Bertz CT molecular complexity index is 228. The summed E-state index contributed by atoms with van der Waals surface area (Å²) < 4.78 is 5.87. The molecule has 3 aliphatic rings. The first-order valence-electron chi connectivity index (χ1n) is 5.00. The molecule has 2 atom stereocenters. The first-order chi connectivity index (χ1) is 5.79. The van der Waals surface area contributed by atoms with Crippen molar-refractivity contribution in [2.75, 3.05) is 0 Å². The average Bonchev–Trinajstić information content (AvgIpc) is 2.60. The van der Waals surface area contributed by atoms with Crippen molar-refractivity contribution >= 4 is 5.78 Å². The van der Waals surface area contributed by atoms with Gasteiger partial charge in [-0.1, -0.05) is 12.8 Å². The summed E-state index contributed by atoms with van der Waals surface area (Å²) in [6.07, 6.45) is 6.99. The summed E-state index contributed by atoms with van der Waals surface area (Å²) in [5.74, 6) is 0.944. The molecule has 0 amide bonds. The van der Waals surface area contributed by atoms with Gasteiger partial charge in [0.1, 0.15) is 6.10 Å². The zero-order valence-electron chi connectivity index (χ0n) is 7.21. The van der Waals surface area contributed by atoms with Crippen molar-refractivity contribution in [3.05, 3.63) is 0 Å². The summed E-state index contributed by atoms with van der Waals surface area (Å²) >= 11 is 0. The molecule has 0 radical (unpaired) electrons. The van der Waals surface area contributed by atoms with Crippen molar-refractivity contribution < 1.29 is 9.53 Å². The van der Waals surface area contributed by atoms with Crippen LogP contribution in [0.3, 0.4) is 0 Å². The van der Waals surface area contributed by atoms with Crippen LogP contribution in [0.4, 0.5) is 0 Å². The standard InChI is InChI=1S/C10H14O2/c11-8-5-7-6-10(12-9(7)8)3-1-2-4-10/h7,9H,1-6H2. The molecule has 2 saturated carbocycles. The van der Waals surface area contributed by atoms with E-state index in [2.05, 4.69) is 0 Å². The number of Topliss-reactive ketones (excluding diaryl/α,β-unsaturated/α-hetero) is 1. The number of rotatable bonds is 0. The second kappa shape index (κ2) is 2.11. The van der Waals surface area contributed by atoms with E-state index in [9.17, 15) is 4.79 Å². The second-order valence-corrected chi connectivity index (χ2v) is 4.56. The minimum atomic E-state index is 0.0168. The molecule has 2 aliphatic carbocycles. The van der Waals surface area contributed by atoms with Gasteiger partial charge in [-0.2, -0.15) is 0 Å². The lowest BCUT2D eigenvalue weighted by atomic mass is 9.77. The number of ketones is 1. The fourth-order valence-electron chi connectivity index (χ4n) is 3.06. The Balaban J connectivity index is 1.81. The van der Waals surface area contributed by atoms with Gasteiger partial charge in [0.25, 0.3) is 0 Å². The van der Waals surface area contributed by atoms with Gasteiger partial charge in [0.15, 0.2) is 5.78 Å². The van der Waals surface area contributed by atoms with Crippen molar-refractivity contribution in [2.45, 2.75) is 50.2 Å². The average molecular weight is 166 g/mol. The molecular formula is C10H14O2. The van der Waals surface area contributed by atoms with Crippen LogP contribution >= 0.6 is 0 Å². The molecule has 0 bridgehead atoms. The summed E-state index contributed by atoms with van der Waals surface area (Å²) in [4.78, 5) is 11.1. The molecule has 2 nitrogen and oxygen atoms in total. The van der Waals surface area contributed by atoms with Crippen LogP contribution in [0.2, 0.25) is 0 Å². The molecule has 1 heterocycles. The van der Waals surface area contributed by atoms with E-state index in [4.69, 9.17) is 4.74 Å². The van der Waals surface area contributed by atoms with E-state index in [-0.39, 0.29) is 11.7 Å². The molecule has 0 aromatic carbocycles. The van der Waals surface area contributed by atoms with Crippen molar-refractivity contribution in [3.63, 3.8) is 0 Å². The van der Waals surface area contributed by atoms with Gasteiger partial charge in [-0.05, 0) is 19.3 Å². The van der Waals surface area contributed by atoms with E-state index in [1.807, 2.05) is 0 Å². The first-order valence-corrected chi connectivity index (χ1v) is 5.00. The van der Waals surface area contributed by atoms with Crippen LogP contribution in [-0.4, -0.2) is 17.5 Å². The van der Waals surface area contributed by atoms with E-state index in [1.165, 1.54) is 32.1 Å². The van der Waals surface area contributed by atoms with E-state index >= 15 is 0 Å². The number of ether oxygens (including phenoxy) is 1. The number of carbonyl (C=O) groups excluding carboxylic acids is 1. The zero-order valence-corrected chi connectivity index (χ0v) is 7.21. The third-order valence-corrected chi connectivity index (χ3v) is 3.73. The Kier molecular flexibility index (Phi) is 1.24. The largest absolute Gasteiger partial charge is 0.364 e. The number of hydrogen-bond acceptors (Lipinski definition) is 2. The highest BCUT2D eigenvalue weighted by Gasteiger charge is 2.55. The van der Waals surface area contributed by atoms with Gasteiger partial charge in [0, 0.05) is 12.3 Å². The molecule has 3 fully saturated rings. The Morgan fingerprint density at radius 1 is 1.33 bits per heavy atom. The van der Waals surface area contributed by atoms with Gasteiger partial charge in [0.2, 0.25) is 0 Å². The topological polar surface area (TPSA) is 26.3 Å². The fourth-order valence-corrected chi connectivity index (χ4v) is 3.06. The molecule has 3 rings (SSSR count). The highest BCUT2D eigenvalue weighted by Crippen LogP contribution is 2.51. The fraction of sp³-hybridized carbons (Fsp3) is 0.900. The molecule has 1 saturated heterocycles. The summed E-state index contributed by atoms with van der Waals surface area (Å²) in [5.41, 5.74) is 0.154. The maximum Gasteiger partial charge on any atom is 0.162 e. The van der Waals surface area contributed by atoms with E-state index in [0.717, 1.165) is 6.42 Å². The monoisotopic (exact) mass is 166 g/mol. The Hall–Kier alpha value is -0.370. The van der Waals surface area contributed by atoms with Crippen LogP contribution in [0.5, 0.6) is 0 Å². The van der Waals surface area contributed by atoms with Crippen molar-refractivity contribution in [1.82, 2.24) is 0 Å². The summed E-state index contributed by atoms with van der Waals surface area (Å²) in [6, 6.07) is 0. The number of carbonyl (C=O) groups is 1. The predicted molar refractivity (Wildman–Crippen MR) is 43.8 cm³/mol. The van der Waals surface area contributed by atoms with Crippen LogP contribution in [0.15, 0.2) is 0 Å². The third-order valence-electron chi connectivity index (χ3n) is 3.73. The van der Waals surface area contributed by atoms with Crippen LogP contribution in [0.1, 0.15) is 38.5 Å². The molecule has 12 heavy (non-hydrogen) atoms. The minimum Gasteiger partial charge on any atom is -0.364 e. The van der Waals surface area contributed by atoms with Gasteiger partial charge >= 0.3 is 0 Å². The van der Waals surface area contributed by atoms with Crippen molar-refractivity contribution in [1.29, 1.82) is 0 Å². The summed E-state index contributed by atoms with van der Waals surface area (Å²) in [7, 11) is 0. The first kappa shape index (κ1) is 7.07. The molecule has 1 aliphatic heterocycles. The lowest BCUT2D eigenvalue weighted by Gasteiger charge is -2.26. The molecule has 1 spiro atoms. The van der Waals surface area contributed by atoms with Crippen LogP contribution in [0, 0.1) is 5.92 Å². The van der Waals surface area contributed by atoms with E-state index in [0.29, 0.717) is 11.7 Å². The summed E-state index contributed by atoms with van der Waals surface area (Å²) in [6.45, 7) is 0. The highest BCUT2D eigenvalue weighted by molar-refractivity contribution is 5.90. The Morgan fingerprint density at radius 3 is 2.67 bits per heavy atom. The predicted octanol–water partition coefficient (Wildman–Crippen LogP) is 1.68. The molecule has 2 heteroatoms. The number of hydrogen-bond donors (Lipinski definition) is 0. The molecule has 0 aromatic heterocycles. The smallest absolute Gasteiger partial charge is 0.162 e. The lowest BCUT2D eigenvalue weighted by Crippen LogP contribution is -2.39. The SMILES string of the molecule is O=C1CC2CC3(CCCC3)OC12. The van der Waals surface area contributed by atoms with Crippen molar-refractivity contribution in [3.8, 4) is 0 Å². The van der Waals surface area contributed by atoms with Gasteiger partial charge < -0.3 is 4.74 Å². The van der Waals surface area contributed by atoms with Crippen LogP contribution in [0.25, 0.3) is 0 Å². The molecule has 0 N–H and O–H groups in total. The minimum absolute atomic E-state index is 0.0168. The quantitative estimate of drug-likeness (QED) is 0.547. The van der Waals surface area contributed by atoms with Crippen molar-refractivity contribution in [2.24, 2.45) is 5.92 Å². The molecular weight excluding hydrogens is 152 g/mol. The highest BCUT2D eigenvalue weighted by atomic mass is 16.5. The van der Waals surface area contributed by atoms with Gasteiger partial charge in [-0.3, -0.25) is 4.79 Å². The van der Waals surface area contributed by atoms with Gasteiger partial charge in [0.05, 0.1) is 5.60 Å². The Morgan fingerprint density at radius 2 is 2.08 bits per heavy atom. The normalized spacial score (nSPS) is 43.2. The van der Waals surface area contributed by atoms with Crippen LogP contribution in [-0.2, 0) is 9.53 Å². The molecule has 0 aromatic rings. The maximum atomic E-state index is 11.1. The second-order valence-electron chi connectivity index (χ2n) is 4.56.